The molecule has 1 amide bonds. The molecule has 0 heterocycles. The minimum Gasteiger partial charge on any atom is -0.324 e. The van der Waals surface area contributed by atoms with Crippen LogP contribution in [-0.2, 0) is 14.8 Å². The van der Waals surface area contributed by atoms with Crippen molar-refractivity contribution in [1.82, 2.24) is 4.72 Å². The molecule has 0 aliphatic heterocycles. The van der Waals surface area contributed by atoms with E-state index in [1.165, 1.54) is 18.2 Å². The monoisotopic (exact) mass is 364 g/mol. The van der Waals surface area contributed by atoms with Gasteiger partial charge in [-0.1, -0.05) is 12.1 Å². The third-order valence-corrected chi connectivity index (χ3v) is 5.29. The molecule has 134 valence electrons. The van der Waals surface area contributed by atoms with E-state index in [-0.39, 0.29) is 23.5 Å². The number of anilines is 1. The first-order valence-electron chi connectivity index (χ1n) is 7.82. The Hall–Kier alpha value is -2.25. The highest BCUT2D eigenvalue weighted by Crippen LogP contribution is 2.16. The SMILES string of the molecule is Cc1ccc(F)c(NC(=O)CCNS(=O)(=O)c2ccc(C)c(C)c2)c1. The molecule has 0 saturated carbocycles. The smallest absolute Gasteiger partial charge is 0.240 e. The molecule has 0 spiro atoms. The van der Waals surface area contributed by atoms with Crippen molar-refractivity contribution in [3.8, 4) is 0 Å². The summed E-state index contributed by atoms with van der Waals surface area (Å²) in [5, 5.41) is 2.44. The summed E-state index contributed by atoms with van der Waals surface area (Å²) in [6.45, 7) is 5.44. The zero-order chi connectivity index (χ0) is 18.6. The van der Waals surface area contributed by atoms with E-state index in [1.54, 1.807) is 25.1 Å². The van der Waals surface area contributed by atoms with Gasteiger partial charge in [0.2, 0.25) is 15.9 Å². The molecule has 2 N–H and O–H groups in total. The normalized spacial score (nSPS) is 11.4. The molecule has 0 aromatic heterocycles. The maximum absolute atomic E-state index is 13.6. The summed E-state index contributed by atoms with van der Waals surface area (Å²) in [5.74, 6) is -0.998. The van der Waals surface area contributed by atoms with Gasteiger partial charge >= 0.3 is 0 Å². The molecule has 2 aromatic rings. The van der Waals surface area contributed by atoms with Crippen molar-refractivity contribution < 1.29 is 17.6 Å². The minimum atomic E-state index is -3.69. The van der Waals surface area contributed by atoms with E-state index >= 15 is 0 Å². The van der Waals surface area contributed by atoms with Crippen LogP contribution in [-0.4, -0.2) is 20.9 Å². The van der Waals surface area contributed by atoms with E-state index in [1.807, 2.05) is 13.8 Å². The molecule has 0 aliphatic rings. The second kappa shape index (κ2) is 7.76. The lowest BCUT2D eigenvalue weighted by Crippen LogP contribution is -2.28. The highest BCUT2D eigenvalue weighted by molar-refractivity contribution is 7.89. The highest BCUT2D eigenvalue weighted by atomic mass is 32.2. The lowest BCUT2D eigenvalue weighted by molar-refractivity contribution is -0.116. The molecule has 0 saturated heterocycles. The summed E-state index contributed by atoms with van der Waals surface area (Å²) in [5.41, 5.74) is 2.77. The molecule has 5 nitrogen and oxygen atoms in total. The summed E-state index contributed by atoms with van der Waals surface area (Å²) in [6, 6.07) is 9.23. The third kappa shape index (κ3) is 5.11. The van der Waals surface area contributed by atoms with Crippen LogP contribution in [0.1, 0.15) is 23.1 Å². The summed E-state index contributed by atoms with van der Waals surface area (Å²) in [6.07, 6.45) is -0.0997. The number of rotatable bonds is 6. The Kier molecular flexibility index (Phi) is 5.92. The minimum absolute atomic E-state index is 0.0749. The average Bonchev–Trinajstić information content (AvgIpc) is 2.53. The molecular weight excluding hydrogens is 343 g/mol. The number of sulfonamides is 1. The standard InChI is InChI=1S/C18H21FN2O3S/c1-12-4-7-16(19)17(10-12)21-18(22)8-9-20-25(23,24)15-6-5-13(2)14(3)11-15/h4-7,10-11,20H,8-9H2,1-3H3,(H,21,22). The van der Waals surface area contributed by atoms with Gasteiger partial charge in [0, 0.05) is 13.0 Å². The fourth-order valence-corrected chi connectivity index (χ4v) is 3.33. The van der Waals surface area contributed by atoms with Crippen molar-refractivity contribution in [2.24, 2.45) is 0 Å². The molecule has 0 radical (unpaired) electrons. The third-order valence-electron chi connectivity index (χ3n) is 3.83. The number of amides is 1. The van der Waals surface area contributed by atoms with Crippen LogP contribution >= 0.6 is 0 Å². The number of carbonyl (C=O) groups is 1. The van der Waals surface area contributed by atoms with Crippen LogP contribution in [0.5, 0.6) is 0 Å². The van der Waals surface area contributed by atoms with Crippen LogP contribution in [0.2, 0.25) is 0 Å². The van der Waals surface area contributed by atoms with Crippen LogP contribution in [0.3, 0.4) is 0 Å². The van der Waals surface area contributed by atoms with Gasteiger partial charge in [0.25, 0.3) is 0 Å². The van der Waals surface area contributed by atoms with Gasteiger partial charge in [-0.05, 0) is 61.7 Å². The van der Waals surface area contributed by atoms with Gasteiger partial charge in [0.15, 0.2) is 0 Å². The van der Waals surface area contributed by atoms with Crippen molar-refractivity contribution in [2.45, 2.75) is 32.1 Å². The second-order valence-corrected chi connectivity index (χ2v) is 7.69. The van der Waals surface area contributed by atoms with Gasteiger partial charge in [0.05, 0.1) is 10.6 Å². The molecule has 0 unspecified atom stereocenters. The maximum atomic E-state index is 13.6. The zero-order valence-electron chi connectivity index (χ0n) is 14.4. The van der Waals surface area contributed by atoms with Crippen molar-refractivity contribution in [3.05, 3.63) is 58.9 Å². The van der Waals surface area contributed by atoms with E-state index in [9.17, 15) is 17.6 Å². The molecule has 0 atom stereocenters. The molecule has 7 heteroatoms. The fourth-order valence-electron chi connectivity index (χ4n) is 2.21. The number of hydrogen-bond acceptors (Lipinski definition) is 3. The molecule has 2 aromatic carbocycles. The van der Waals surface area contributed by atoms with Gasteiger partial charge in [-0.2, -0.15) is 0 Å². The van der Waals surface area contributed by atoms with Crippen LogP contribution in [0.25, 0.3) is 0 Å². The largest absolute Gasteiger partial charge is 0.324 e. The highest BCUT2D eigenvalue weighted by Gasteiger charge is 2.15. The molecule has 0 fully saturated rings. The van der Waals surface area contributed by atoms with E-state index in [4.69, 9.17) is 0 Å². The zero-order valence-corrected chi connectivity index (χ0v) is 15.2. The quantitative estimate of drug-likeness (QED) is 0.827. The lowest BCUT2D eigenvalue weighted by atomic mass is 10.1. The number of hydrogen-bond donors (Lipinski definition) is 2. The van der Waals surface area contributed by atoms with Crippen molar-refractivity contribution in [3.63, 3.8) is 0 Å². The molecule has 0 bridgehead atoms. The molecule has 0 aliphatic carbocycles. The van der Waals surface area contributed by atoms with E-state index in [2.05, 4.69) is 10.0 Å². The maximum Gasteiger partial charge on any atom is 0.240 e. The van der Waals surface area contributed by atoms with E-state index < -0.39 is 21.7 Å². The summed E-state index contributed by atoms with van der Waals surface area (Å²) in [4.78, 5) is 12.0. The average molecular weight is 364 g/mol. The fraction of sp³-hybridized carbons (Fsp3) is 0.278. The van der Waals surface area contributed by atoms with Gasteiger partial charge in [0.1, 0.15) is 5.82 Å². The Labute approximate surface area is 147 Å². The lowest BCUT2D eigenvalue weighted by Gasteiger charge is -2.10. The van der Waals surface area contributed by atoms with E-state index in [0.717, 1.165) is 16.7 Å². The summed E-state index contributed by atoms with van der Waals surface area (Å²) in [7, 11) is -3.69. The second-order valence-electron chi connectivity index (χ2n) is 5.93. The molecule has 25 heavy (non-hydrogen) atoms. The number of nitrogens with one attached hydrogen (secondary N) is 2. The first kappa shape index (κ1) is 19.1. The number of benzene rings is 2. The first-order valence-corrected chi connectivity index (χ1v) is 9.30. The molecular formula is C18H21FN2O3S. The number of carbonyl (C=O) groups excluding carboxylic acids is 1. The van der Waals surface area contributed by atoms with Gasteiger partial charge in [-0.25, -0.2) is 17.5 Å². The van der Waals surface area contributed by atoms with Crippen LogP contribution in [0, 0.1) is 26.6 Å². The molecule has 2 rings (SSSR count). The van der Waals surface area contributed by atoms with Crippen LogP contribution in [0.15, 0.2) is 41.3 Å². The Morgan fingerprint density at radius 1 is 1.04 bits per heavy atom. The Balaban J connectivity index is 1.93. The van der Waals surface area contributed by atoms with Gasteiger partial charge in [-0.15, -0.1) is 0 Å². The Morgan fingerprint density at radius 2 is 1.76 bits per heavy atom. The first-order chi connectivity index (χ1) is 11.7. The number of aryl methyl sites for hydroxylation is 3. The van der Waals surface area contributed by atoms with E-state index in [0.29, 0.717) is 0 Å². The predicted octanol–water partition coefficient (Wildman–Crippen LogP) is 3.06. The van der Waals surface area contributed by atoms with Gasteiger partial charge < -0.3 is 5.32 Å². The van der Waals surface area contributed by atoms with Crippen LogP contribution < -0.4 is 10.0 Å². The van der Waals surface area contributed by atoms with Crippen LogP contribution in [0.4, 0.5) is 10.1 Å². The summed E-state index contributed by atoms with van der Waals surface area (Å²) < 4.78 is 40.5. The van der Waals surface area contributed by atoms with Crippen molar-refractivity contribution >= 4 is 21.6 Å². The Morgan fingerprint density at radius 3 is 2.44 bits per heavy atom. The number of halogens is 1. The topological polar surface area (TPSA) is 75.3 Å². The predicted molar refractivity (Wildman–Crippen MR) is 95.5 cm³/mol. The summed E-state index contributed by atoms with van der Waals surface area (Å²) >= 11 is 0. The van der Waals surface area contributed by atoms with Crippen molar-refractivity contribution in [1.29, 1.82) is 0 Å². The Bertz CT molecular complexity index is 895. The van der Waals surface area contributed by atoms with Crippen molar-refractivity contribution in [2.75, 3.05) is 11.9 Å². The van der Waals surface area contributed by atoms with Gasteiger partial charge in [-0.3, -0.25) is 4.79 Å².